The maximum absolute atomic E-state index is 12.1. The summed E-state index contributed by atoms with van der Waals surface area (Å²) in [6, 6.07) is 13.8. The Labute approximate surface area is 129 Å². The molecular formula is C16H12BrNOS. The fourth-order valence-corrected chi connectivity index (χ4v) is 3.08. The highest BCUT2D eigenvalue weighted by Crippen LogP contribution is 2.21. The number of fused-ring (bicyclic) bond motifs is 1. The molecule has 1 heterocycles. The predicted molar refractivity (Wildman–Crippen MR) is 87.1 cm³/mol. The Hall–Kier alpha value is -1.65. The molecule has 3 rings (SSSR count). The molecule has 0 aliphatic heterocycles. The predicted octanol–water partition coefficient (Wildman–Crippen LogP) is 4.59. The number of benzene rings is 2. The van der Waals surface area contributed by atoms with Crippen LogP contribution in [0.3, 0.4) is 0 Å². The SMILES string of the molecule is O=C(NCc1ccsc1)c1ccc2cc(Br)ccc2c1. The van der Waals surface area contributed by atoms with Crippen molar-refractivity contribution >= 4 is 43.9 Å². The molecule has 20 heavy (non-hydrogen) atoms. The fourth-order valence-electron chi connectivity index (χ4n) is 2.04. The second-order valence-electron chi connectivity index (χ2n) is 4.52. The molecule has 0 atom stereocenters. The van der Waals surface area contributed by atoms with Crippen LogP contribution in [-0.2, 0) is 6.54 Å². The number of rotatable bonds is 3. The summed E-state index contributed by atoms with van der Waals surface area (Å²) in [5.41, 5.74) is 1.82. The molecule has 0 aliphatic rings. The van der Waals surface area contributed by atoms with Crippen LogP contribution in [0.4, 0.5) is 0 Å². The number of halogens is 1. The highest BCUT2D eigenvalue weighted by atomic mass is 79.9. The van der Waals surface area contributed by atoms with Gasteiger partial charge < -0.3 is 5.32 Å². The van der Waals surface area contributed by atoms with Gasteiger partial charge in [-0.3, -0.25) is 4.79 Å². The number of hydrogen-bond donors (Lipinski definition) is 1. The van der Waals surface area contributed by atoms with Crippen LogP contribution in [0, 0.1) is 0 Å². The number of amides is 1. The first kappa shape index (κ1) is 13.3. The van der Waals surface area contributed by atoms with Crippen molar-refractivity contribution < 1.29 is 4.79 Å². The van der Waals surface area contributed by atoms with Crippen molar-refractivity contribution in [1.29, 1.82) is 0 Å². The molecule has 4 heteroatoms. The molecule has 3 aromatic rings. The minimum atomic E-state index is -0.0407. The first-order valence-electron chi connectivity index (χ1n) is 6.21. The Bertz CT molecular complexity index is 752. The van der Waals surface area contributed by atoms with Crippen molar-refractivity contribution in [2.45, 2.75) is 6.54 Å². The molecule has 100 valence electrons. The third-order valence-corrected chi connectivity index (χ3v) is 4.32. The van der Waals surface area contributed by atoms with Gasteiger partial charge in [0.15, 0.2) is 0 Å². The van der Waals surface area contributed by atoms with Crippen molar-refractivity contribution in [3.8, 4) is 0 Å². The lowest BCUT2D eigenvalue weighted by Crippen LogP contribution is -2.22. The normalized spacial score (nSPS) is 10.7. The van der Waals surface area contributed by atoms with Gasteiger partial charge >= 0.3 is 0 Å². The van der Waals surface area contributed by atoms with Crippen molar-refractivity contribution in [2.24, 2.45) is 0 Å². The monoisotopic (exact) mass is 345 g/mol. The molecule has 2 aromatic carbocycles. The largest absolute Gasteiger partial charge is 0.348 e. The number of nitrogens with one attached hydrogen (secondary N) is 1. The topological polar surface area (TPSA) is 29.1 Å². The summed E-state index contributed by atoms with van der Waals surface area (Å²) in [5, 5.41) is 9.17. The van der Waals surface area contributed by atoms with Gasteiger partial charge in [0.25, 0.3) is 5.91 Å². The summed E-state index contributed by atoms with van der Waals surface area (Å²) < 4.78 is 1.04. The maximum atomic E-state index is 12.1. The lowest BCUT2D eigenvalue weighted by molar-refractivity contribution is 0.0951. The molecule has 0 saturated carbocycles. The van der Waals surface area contributed by atoms with E-state index in [-0.39, 0.29) is 5.91 Å². The second kappa shape index (κ2) is 5.77. The van der Waals surface area contributed by atoms with E-state index >= 15 is 0 Å². The molecule has 1 N–H and O–H groups in total. The molecule has 2 nitrogen and oxygen atoms in total. The number of carbonyl (C=O) groups excluding carboxylic acids is 1. The molecule has 1 aromatic heterocycles. The summed E-state index contributed by atoms with van der Waals surface area (Å²) >= 11 is 5.08. The zero-order valence-electron chi connectivity index (χ0n) is 10.6. The molecule has 0 saturated heterocycles. The van der Waals surface area contributed by atoms with Crippen LogP contribution in [-0.4, -0.2) is 5.91 Å². The van der Waals surface area contributed by atoms with Crippen LogP contribution in [0.1, 0.15) is 15.9 Å². The van der Waals surface area contributed by atoms with E-state index in [0.29, 0.717) is 12.1 Å². The lowest BCUT2D eigenvalue weighted by Gasteiger charge is -2.06. The van der Waals surface area contributed by atoms with Gasteiger partial charge in [0, 0.05) is 16.6 Å². The summed E-state index contributed by atoms with van der Waals surface area (Å²) in [5.74, 6) is -0.0407. The van der Waals surface area contributed by atoms with E-state index in [4.69, 9.17) is 0 Å². The van der Waals surface area contributed by atoms with Crippen molar-refractivity contribution in [1.82, 2.24) is 5.32 Å². The van der Waals surface area contributed by atoms with E-state index in [1.54, 1.807) is 11.3 Å². The van der Waals surface area contributed by atoms with Gasteiger partial charge in [0.05, 0.1) is 0 Å². The highest BCUT2D eigenvalue weighted by Gasteiger charge is 2.06. The zero-order valence-corrected chi connectivity index (χ0v) is 13.0. The van der Waals surface area contributed by atoms with Gasteiger partial charge in [0.1, 0.15) is 0 Å². The van der Waals surface area contributed by atoms with Crippen LogP contribution >= 0.6 is 27.3 Å². The lowest BCUT2D eigenvalue weighted by atomic mass is 10.1. The summed E-state index contributed by atoms with van der Waals surface area (Å²) in [4.78, 5) is 12.1. The van der Waals surface area contributed by atoms with Crippen molar-refractivity contribution in [2.75, 3.05) is 0 Å². The highest BCUT2D eigenvalue weighted by molar-refractivity contribution is 9.10. The van der Waals surface area contributed by atoms with E-state index in [2.05, 4.69) is 21.2 Å². The van der Waals surface area contributed by atoms with Crippen LogP contribution in [0.25, 0.3) is 10.8 Å². The Balaban J connectivity index is 1.79. The first-order chi connectivity index (χ1) is 9.72. The molecule has 0 radical (unpaired) electrons. The van der Waals surface area contributed by atoms with Gasteiger partial charge in [-0.1, -0.05) is 28.1 Å². The molecule has 0 fully saturated rings. The van der Waals surface area contributed by atoms with Gasteiger partial charge in [0.2, 0.25) is 0 Å². The molecule has 0 unspecified atom stereocenters. The zero-order chi connectivity index (χ0) is 13.9. The number of hydrogen-bond acceptors (Lipinski definition) is 2. The van der Waals surface area contributed by atoms with E-state index in [1.807, 2.05) is 53.2 Å². The van der Waals surface area contributed by atoms with E-state index in [1.165, 1.54) is 0 Å². The fraction of sp³-hybridized carbons (Fsp3) is 0.0625. The maximum Gasteiger partial charge on any atom is 0.251 e. The van der Waals surface area contributed by atoms with E-state index < -0.39 is 0 Å². The average Bonchev–Trinajstić information content (AvgIpc) is 2.97. The van der Waals surface area contributed by atoms with E-state index in [0.717, 1.165) is 20.8 Å². The molecule has 0 spiro atoms. The van der Waals surface area contributed by atoms with Crippen LogP contribution < -0.4 is 5.32 Å². The summed E-state index contributed by atoms with van der Waals surface area (Å²) in [6.45, 7) is 0.570. The van der Waals surface area contributed by atoms with Crippen molar-refractivity contribution in [3.63, 3.8) is 0 Å². The van der Waals surface area contributed by atoms with Gasteiger partial charge in [-0.2, -0.15) is 11.3 Å². The van der Waals surface area contributed by atoms with Crippen LogP contribution in [0.15, 0.2) is 57.7 Å². The third-order valence-electron chi connectivity index (χ3n) is 3.10. The number of thiophene rings is 1. The van der Waals surface area contributed by atoms with Crippen molar-refractivity contribution in [3.05, 3.63) is 68.8 Å². The Morgan fingerprint density at radius 2 is 1.90 bits per heavy atom. The molecule has 0 aliphatic carbocycles. The van der Waals surface area contributed by atoms with Gasteiger partial charge in [-0.05, 0) is 57.4 Å². The van der Waals surface area contributed by atoms with E-state index in [9.17, 15) is 4.79 Å². The Morgan fingerprint density at radius 1 is 1.10 bits per heavy atom. The Kier molecular flexibility index (Phi) is 3.85. The Morgan fingerprint density at radius 3 is 2.70 bits per heavy atom. The quantitative estimate of drug-likeness (QED) is 0.738. The average molecular weight is 346 g/mol. The third kappa shape index (κ3) is 2.92. The van der Waals surface area contributed by atoms with Crippen LogP contribution in [0.2, 0.25) is 0 Å². The molecule has 0 bridgehead atoms. The molecular weight excluding hydrogens is 334 g/mol. The summed E-state index contributed by atoms with van der Waals surface area (Å²) in [6.07, 6.45) is 0. The van der Waals surface area contributed by atoms with Gasteiger partial charge in [-0.15, -0.1) is 0 Å². The second-order valence-corrected chi connectivity index (χ2v) is 6.22. The standard InChI is InChI=1S/C16H12BrNOS/c17-15-4-3-12-7-14(2-1-13(12)8-15)16(19)18-9-11-5-6-20-10-11/h1-8,10H,9H2,(H,18,19). The minimum Gasteiger partial charge on any atom is -0.348 e. The van der Waals surface area contributed by atoms with Crippen LogP contribution in [0.5, 0.6) is 0 Å². The van der Waals surface area contributed by atoms with Gasteiger partial charge in [-0.25, -0.2) is 0 Å². The minimum absolute atomic E-state index is 0.0407. The summed E-state index contributed by atoms with van der Waals surface area (Å²) in [7, 11) is 0. The first-order valence-corrected chi connectivity index (χ1v) is 7.94. The smallest absolute Gasteiger partial charge is 0.251 e. The molecule has 1 amide bonds. The number of carbonyl (C=O) groups is 1.